The molecule has 0 aromatic carbocycles. The van der Waals surface area contributed by atoms with Crippen LogP contribution < -0.4 is 5.32 Å². The van der Waals surface area contributed by atoms with Crippen molar-refractivity contribution in [1.29, 1.82) is 0 Å². The lowest BCUT2D eigenvalue weighted by molar-refractivity contribution is 0.481. The van der Waals surface area contributed by atoms with E-state index in [-0.39, 0.29) is 24.0 Å². The van der Waals surface area contributed by atoms with E-state index in [2.05, 4.69) is 41.5 Å². The maximum atomic E-state index is 5.97. The van der Waals surface area contributed by atoms with Crippen LogP contribution in [0.15, 0.2) is 17.1 Å². The summed E-state index contributed by atoms with van der Waals surface area (Å²) in [7, 11) is 2.07. The number of hydrogen-bond donors (Lipinski definition) is 1. The molecule has 3 nitrogen and oxygen atoms in total. The van der Waals surface area contributed by atoms with Crippen LogP contribution in [0.5, 0.6) is 0 Å². The molecular formula is C14H25ClIN3S2. The minimum atomic E-state index is 0. The Morgan fingerprint density at radius 1 is 1.43 bits per heavy atom. The summed E-state index contributed by atoms with van der Waals surface area (Å²) in [5.41, 5.74) is 0. The first-order valence-corrected chi connectivity index (χ1v) is 9.48. The van der Waals surface area contributed by atoms with E-state index in [1.807, 2.05) is 17.8 Å². The second kappa shape index (κ2) is 12.8. The van der Waals surface area contributed by atoms with Crippen LogP contribution >= 0.6 is 58.7 Å². The molecule has 0 unspecified atom stereocenters. The van der Waals surface area contributed by atoms with Crippen LogP contribution in [-0.4, -0.2) is 43.0 Å². The van der Waals surface area contributed by atoms with E-state index in [0.29, 0.717) is 0 Å². The first kappa shape index (κ1) is 21.3. The van der Waals surface area contributed by atoms with Gasteiger partial charge >= 0.3 is 0 Å². The van der Waals surface area contributed by atoms with Crippen LogP contribution in [0, 0.1) is 0 Å². The van der Waals surface area contributed by atoms with Crippen LogP contribution in [0.2, 0.25) is 4.34 Å². The van der Waals surface area contributed by atoms with Gasteiger partial charge in [-0.3, -0.25) is 4.99 Å². The predicted octanol–water partition coefficient (Wildman–Crippen LogP) is 4.56. The van der Waals surface area contributed by atoms with Crippen LogP contribution in [0.3, 0.4) is 0 Å². The first-order chi connectivity index (χ1) is 9.67. The molecule has 0 aliphatic rings. The zero-order chi connectivity index (χ0) is 14.8. The van der Waals surface area contributed by atoms with Crippen molar-refractivity contribution in [2.75, 3.05) is 32.1 Å². The quantitative estimate of drug-likeness (QED) is 0.266. The number of aliphatic imine (C=N–C) groups is 1. The minimum absolute atomic E-state index is 0. The fourth-order valence-corrected chi connectivity index (χ4v) is 3.39. The number of rotatable bonds is 8. The highest BCUT2D eigenvalue weighted by Crippen LogP contribution is 2.22. The molecule has 1 heterocycles. The van der Waals surface area contributed by atoms with Gasteiger partial charge in [0.15, 0.2) is 5.96 Å². The Balaban J connectivity index is 0.00000400. The number of thiophene rings is 1. The summed E-state index contributed by atoms with van der Waals surface area (Å²) in [5.74, 6) is 2.19. The van der Waals surface area contributed by atoms with Crippen molar-refractivity contribution in [2.24, 2.45) is 4.99 Å². The van der Waals surface area contributed by atoms with E-state index < -0.39 is 0 Å². The van der Waals surface area contributed by atoms with Gasteiger partial charge in [-0.25, -0.2) is 0 Å². The average Bonchev–Trinajstić information content (AvgIpc) is 2.82. The Morgan fingerprint density at radius 3 is 2.76 bits per heavy atom. The maximum absolute atomic E-state index is 5.97. The van der Waals surface area contributed by atoms with Crippen molar-refractivity contribution in [1.82, 2.24) is 10.2 Å². The van der Waals surface area contributed by atoms with Gasteiger partial charge in [0, 0.05) is 25.0 Å². The Hall–Kier alpha value is 0.340. The molecular weight excluding hydrogens is 437 g/mol. The zero-order valence-electron chi connectivity index (χ0n) is 12.9. The van der Waals surface area contributed by atoms with Crippen molar-refractivity contribution in [3.63, 3.8) is 0 Å². The molecule has 0 bridgehead atoms. The van der Waals surface area contributed by atoms with Crippen molar-refractivity contribution in [3.05, 3.63) is 21.3 Å². The molecule has 0 atom stereocenters. The number of hydrogen-bond acceptors (Lipinski definition) is 3. The first-order valence-electron chi connectivity index (χ1n) is 6.90. The Morgan fingerprint density at radius 2 is 2.19 bits per heavy atom. The Labute approximate surface area is 158 Å². The molecule has 1 rings (SSSR count). The molecule has 0 amide bonds. The molecule has 0 saturated heterocycles. The summed E-state index contributed by atoms with van der Waals surface area (Å²) in [6, 6.07) is 4.02. The molecule has 0 fully saturated rings. The van der Waals surface area contributed by atoms with E-state index in [1.165, 1.54) is 17.1 Å². The summed E-state index contributed by atoms with van der Waals surface area (Å²) in [5, 5.41) is 3.34. The summed E-state index contributed by atoms with van der Waals surface area (Å²) in [6.45, 7) is 4.71. The van der Waals surface area contributed by atoms with Crippen molar-refractivity contribution >= 4 is 64.6 Å². The Bertz CT molecular complexity index is 413. The number of halogens is 2. The maximum Gasteiger partial charge on any atom is 0.193 e. The van der Waals surface area contributed by atoms with Crippen molar-refractivity contribution < 1.29 is 0 Å². The van der Waals surface area contributed by atoms with Gasteiger partial charge in [0.25, 0.3) is 0 Å². The number of thioether (sulfide) groups is 1. The van der Waals surface area contributed by atoms with Crippen LogP contribution in [-0.2, 0) is 6.54 Å². The van der Waals surface area contributed by atoms with E-state index in [1.54, 1.807) is 11.3 Å². The minimum Gasteiger partial charge on any atom is -0.357 e. The summed E-state index contributed by atoms with van der Waals surface area (Å²) >= 11 is 9.49. The van der Waals surface area contributed by atoms with Gasteiger partial charge in [-0.15, -0.1) is 35.3 Å². The Kier molecular flexibility index (Phi) is 13.0. The zero-order valence-corrected chi connectivity index (χ0v) is 17.6. The van der Waals surface area contributed by atoms with Gasteiger partial charge in [0.05, 0.1) is 10.9 Å². The third-order valence-electron chi connectivity index (χ3n) is 2.74. The van der Waals surface area contributed by atoms with Crippen molar-refractivity contribution in [2.45, 2.75) is 26.3 Å². The summed E-state index contributed by atoms with van der Waals surface area (Å²) < 4.78 is 0.840. The average molecular weight is 462 g/mol. The van der Waals surface area contributed by atoms with E-state index in [0.717, 1.165) is 36.4 Å². The number of nitrogens with one attached hydrogen (secondary N) is 1. The third-order valence-corrected chi connectivity index (χ3v) is 4.65. The highest BCUT2D eigenvalue weighted by atomic mass is 127. The van der Waals surface area contributed by atoms with Gasteiger partial charge in [-0.2, -0.15) is 11.8 Å². The lowest BCUT2D eigenvalue weighted by Crippen LogP contribution is -2.38. The third kappa shape index (κ3) is 9.15. The second-order valence-corrected chi connectivity index (χ2v) is 7.28. The monoisotopic (exact) mass is 461 g/mol. The number of guanidine groups is 1. The molecule has 0 saturated carbocycles. The lowest BCUT2D eigenvalue weighted by Gasteiger charge is -2.21. The molecule has 1 N–H and O–H groups in total. The second-order valence-electron chi connectivity index (χ2n) is 4.50. The molecule has 0 aliphatic carbocycles. The molecule has 1 aromatic rings. The fraction of sp³-hybridized carbons (Fsp3) is 0.643. The largest absolute Gasteiger partial charge is 0.357 e. The van der Waals surface area contributed by atoms with Gasteiger partial charge in [-0.05, 0) is 43.9 Å². The fourth-order valence-electron chi connectivity index (χ4n) is 1.76. The van der Waals surface area contributed by atoms with E-state index in [4.69, 9.17) is 11.6 Å². The molecule has 21 heavy (non-hydrogen) atoms. The molecule has 1 aromatic heterocycles. The normalized spacial score (nSPS) is 11.1. The molecule has 7 heteroatoms. The highest BCUT2D eigenvalue weighted by Gasteiger charge is 2.07. The molecule has 0 aliphatic heterocycles. The summed E-state index contributed by atoms with van der Waals surface area (Å²) in [6.07, 6.45) is 4.52. The standard InChI is InChI=1S/C14H24ClN3S2.HI/c1-4-16-14(17-9-5-6-10-19-3)18(2)11-12-7-8-13(15)20-12;/h7-8H,4-6,9-11H2,1-3H3,(H,16,17);1H. The van der Waals surface area contributed by atoms with Gasteiger partial charge in [0.1, 0.15) is 0 Å². The molecule has 122 valence electrons. The van der Waals surface area contributed by atoms with Gasteiger partial charge in [-0.1, -0.05) is 11.6 Å². The smallest absolute Gasteiger partial charge is 0.193 e. The molecule has 0 spiro atoms. The summed E-state index contributed by atoms with van der Waals surface area (Å²) in [4.78, 5) is 8.09. The molecule has 0 radical (unpaired) electrons. The van der Waals surface area contributed by atoms with E-state index in [9.17, 15) is 0 Å². The van der Waals surface area contributed by atoms with Crippen molar-refractivity contribution in [3.8, 4) is 0 Å². The van der Waals surface area contributed by atoms with Crippen LogP contribution in [0.25, 0.3) is 0 Å². The lowest BCUT2D eigenvalue weighted by atomic mass is 10.3. The number of nitrogens with zero attached hydrogens (tertiary/aromatic N) is 2. The van der Waals surface area contributed by atoms with Gasteiger partial charge in [0.2, 0.25) is 0 Å². The van der Waals surface area contributed by atoms with Gasteiger partial charge < -0.3 is 10.2 Å². The number of unbranched alkanes of at least 4 members (excludes halogenated alkanes) is 1. The van der Waals surface area contributed by atoms with Crippen LogP contribution in [0.1, 0.15) is 24.6 Å². The van der Waals surface area contributed by atoms with Crippen LogP contribution in [0.4, 0.5) is 0 Å². The van der Waals surface area contributed by atoms with E-state index >= 15 is 0 Å². The predicted molar refractivity (Wildman–Crippen MR) is 110 cm³/mol. The highest BCUT2D eigenvalue weighted by molar-refractivity contribution is 14.0. The SMILES string of the molecule is CCNC(=NCCCCSC)N(C)Cc1ccc(Cl)s1.I. The topological polar surface area (TPSA) is 27.6 Å².